The van der Waals surface area contributed by atoms with Crippen LogP contribution in [-0.4, -0.2) is 47.1 Å². The van der Waals surface area contributed by atoms with Crippen molar-refractivity contribution in [1.29, 1.82) is 0 Å². The number of fused-ring (bicyclic) bond motifs is 1. The molecule has 1 heterocycles. The molecule has 0 spiro atoms. The van der Waals surface area contributed by atoms with Crippen LogP contribution < -0.4 is 0 Å². The number of phenols is 1. The van der Waals surface area contributed by atoms with Gasteiger partial charge in [0.2, 0.25) is 0 Å². The Kier molecular flexibility index (Phi) is 3.74. The van der Waals surface area contributed by atoms with Crippen molar-refractivity contribution in [1.82, 2.24) is 4.90 Å². The molecule has 3 fully saturated rings. The van der Waals surface area contributed by atoms with Crippen LogP contribution in [0.5, 0.6) is 5.75 Å². The van der Waals surface area contributed by atoms with Crippen molar-refractivity contribution in [2.75, 3.05) is 19.7 Å². The van der Waals surface area contributed by atoms with Crippen molar-refractivity contribution < 1.29 is 14.6 Å². The quantitative estimate of drug-likeness (QED) is 0.901. The summed E-state index contributed by atoms with van der Waals surface area (Å²) < 4.78 is 6.63. The first-order chi connectivity index (χ1) is 12.6. The highest BCUT2D eigenvalue weighted by molar-refractivity contribution is 5.82. The number of ether oxygens (including phenoxy) is 1. The van der Waals surface area contributed by atoms with Crippen molar-refractivity contribution in [2.45, 2.75) is 68.9 Å². The lowest BCUT2D eigenvalue weighted by molar-refractivity contribution is -0.198. The number of aromatic hydroxyl groups is 1. The van der Waals surface area contributed by atoms with Gasteiger partial charge in [0.25, 0.3) is 0 Å². The minimum atomic E-state index is -0.288. The van der Waals surface area contributed by atoms with Crippen LogP contribution in [0, 0.1) is 5.92 Å². The van der Waals surface area contributed by atoms with Gasteiger partial charge in [-0.05, 0) is 74.8 Å². The van der Waals surface area contributed by atoms with Gasteiger partial charge in [-0.1, -0.05) is 6.07 Å². The lowest BCUT2D eigenvalue weighted by atomic mass is 9.49. The second-order valence-corrected chi connectivity index (χ2v) is 8.87. The Hall–Kier alpha value is -1.39. The van der Waals surface area contributed by atoms with Crippen LogP contribution in [0.2, 0.25) is 0 Å². The fourth-order valence-electron chi connectivity index (χ4n) is 6.27. The van der Waals surface area contributed by atoms with Crippen LogP contribution in [0.1, 0.15) is 56.6 Å². The van der Waals surface area contributed by atoms with Crippen LogP contribution in [0.4, 0.5) is 0 Å². The highest BCUT2D eigenvalue weighted by atomic mass is 16.5. The first-order valence-corrected chi connectivity index (χ1v) is 10.3. The molecule has 1 aromatic carbocycles. The third-order valence-electron chi connectivity index (χ3n) is 7.50. The maximum atomic E-state index is 12.6. The summed E-state index contributed by atoms with van der Waals surface area (Å²) in [5.41, 5.74) is 1.93. The fourth-order valence-corrected chi connectivity index (χ4v) is 6.27. The lowest BCUT2D eigenvalue weighted by Gasteiger charge is -2.65. The number of nitrogens with zero attached hydrogens (tertiary/aromatic N) is 1. The maximum absolute atomic E-state index is 12.6. The summed E-state index contributed by atoms with van der Waals surface area (Å²) in [6.45, 7) is 4.98. The van der Waals surface area contributed by atoms with E-state index in [-0.39, 0.29) is 11.0 Å². The monoisotopic (exact) mass is 355 g/mol. The summed E-state index contributed by atoms with van der Waals surface area (Å²) in [5, 5.41) is 10.2. The summed E-state index contributed by atoms with van der Waals surface area (Å²) in [4.78, 5) is 15.3. The third-order valence-corrected chi connectivity index (χ3v) is 7.50. The standard InChI is InChI=1S/C22H29NO3/c1-2-26-22-8-7-18(25)13-21(22)9-10-23(14-15-3-4-15)20(22)11-16-5-6-17(24)12-19(16)21/h5-6,12,15,20,24H,2-4,7-11,13-14H2,1H3/t20-,21-,22?/m1/s1. The molecule has 0 aromatic heterocycles. The van der Waals surface area contributed by atoms with Crippen LogP contribution in [-0.2, 0) is 21.4 Å². The van der Waals surface area contributed by atoms with E-state index in [9.17, 15) is 9.90 Å². The van der Waals surface area contributed by atoms with Gasteiger partial charge in [0.1, 0.15) is 11.5 Å². The number of ketones is 1. The molecule has 2 saturated carbocycles. The third kappa shape index (κ3) is 2.24. The molecule has 1 aromatic rings. The smallest absolute Gasteiger partial charge is 0.134 e. The minimum Gasteiger partial charge on any atom is -0.508 e. The normalized spacial score (nSPS) is 36.5. The number of Topliss-reactive ketones (excluding diaryl/α,β-unsaturated/α-hetero) is 1. The van der Waals surface area contributed by atoms with E-state index in [0.717, 1.165) is 31.7 Å². The summed E-state index contributed by atoms with van der Waals surface area (Å²) in [5.74, 6) is 1.51. The van der Waals surface area contributed by atoms with E-state index in [0.29, 0.717) is 37.0 Å². The van der Waals surface area contributed by atoms with E-state index in [1.54, 1.807) is 6.07 Å². The lowest BCUT2D eigenvalue weighted by Crippen LogP contribution is -2.74. The van der Waals surface area contributed by atoms with E-state index < -0.39 is 0 Å². The van der Waals surface area contributed by atoms with Gasteiger partial charge in [-0.3, -0.25) is 9.69 Å². The SMILES string of the molecule is CCOC12CCC(=O)C[C@@]13CCN(CC1CC1)[C@@H]2Cc1ccc(O)cc13. The molecule has 1 aliphatic heterocycles. The van der Waals surface area contributed by atoms with Gasteiger partial charge in [-0.25, -0.2) is 0 Å². The molecule has 26 heavy (non-hydrogen) atoms. The first kappa shape index (κ1) is 16.8. The Morgan fingerprint density at radius 2 is 2.15 bits per heavy atom. The average molecular weight is 355 g/mol. The van der Waals surface area contributed by atoms with Gasteiger partial charge in [-0.2, -0.15) is 0 Å². The zero-order chi connectivity index (χ0) is 17.9. The van der Waals surface area contributed by atoms with E-state index in [4.69, 9.17) is 4.74 Å². The highest BCUT2D eigenvalue weighted by Gasteiger charge is 2.66. The molecule has 140 valence electrons. The largest absolute Gasteiger partial charge is 0.508 e. The number of carbonyl (C=O) groups is 1. The number of benzene rings is 1. The van der Waals surface area contributed by atoms with Gasteiger partial charge >= 0.3 is 0 Å². The van der Waals surface area contributed by atoms with Crippen LogP contribution >= 0.6 is 0 Å². The number of rotatable bonds is 4. The minimum absolute atomic E-state index is 0.268. The molecule has 4 heteroatoms. The van der Waals surface area contributed by atoms with Crippen LogP contribution in [0.3, 0.4) is 0 Å². The number of hydrogen-bond donors (Lipinski definition) is 1. The number of hydrogen-bond acceptors (Lipinski definition) is 4. The van der Waals surface area contributed by atoms with E-state index in [2.05, 4.69) is 17.9 Å². The molecule has 1 N–H and O–H groups in total. The molecule has 5 rings (SSSR count). The van der Waals surface area contributed by atoms with E-state index >= 15 is 0 Å². The number of phenolic OH excluding ortho intramolecular Hbond substituents is 1. The Bertz CT molecular complexity index is 743. The molecule has 1 saturated heterocycles. The average Bonchev–Trinajstić information content (AvgIpc) is 3.43. The molecule has 3 aliphatic carbocycles. The molecule has 3 atom stereocenters. The molecule has 0 radical (unpaired) electrons. The molecule has 0 amide bonds. The Morgan fingerprint density at radius 1 is 1.31 bits per heavy atom. The molecular formula is C22H29NO3. The van der Waals surface area contributed by atoms with Crippen molar-refractivity contribution in [3.8, 4) is 5.75 Å². The first-order valence-electron chi connectivity index (χ1n) is 10.3. The second-order valence-electron chi connectivity index (χ2n) is 8.87. The number of carbonyl (C=O) groups excluding carboxylic acids is 1. The Morgan fingerprint density at radius 3 is 2.92 bits per heavy atom. The van der Waals surface area contributed by atoms with Crippen molar-refractivity contribution >= 4 is 5.78 Å². The van der Waals surface area contributed by atoms with Crippen molar-refractivity contribution in [3.05, 3.63) is 29.3 Å². The molecular weight excluding hydrogens is 326 g/mol. The summed E-state index contributed by atoms with van der Waals surface area (Å²) in [6.07, 6.45) is 6.66. The van der Waals surface area contributed by atoms with Crippen LogP contribution in [0.25, 0.3) is 0 Å². The molecule has 2 bridgehead atoms. The molecule has 4 aliphatic rings. The fraction of sp³-hybridized carbons (Fsp3) is 0.682. The molecule has 4 nitrogen and oxygen atoms in total. The predicted molar refractivity (Wildman–Crippen MR) is 99.4 cm³/mol. The zero-order valence-electron chi connectivity index (χ0n) is 15.7. The predicted octanol–water partition coefficient (Wildman–Crippen LogP) is 3.20. The topological polar surface area (TPSA) is 49.8 Å². The van der Waals surface area contributed by atoms with E-state index in [1.165, 1.54) is 30.5 Å². The summed E-state index contributed by atoms with van der Waals surface area (Å²) in [6, 6.07) is 6.15. The summed E-state index contributed by atoms with van der Waals surface area (Å²) in [7, 11) is 0. The van der Waals surface area contributed by atoms with E-state index in [1.807, 2.05) is 6.07 Å². The Balaban J connectivity index is 1.68. The van der Waals surface area contributed by atoms with Crippen LogP contribution in [0.15, 0.2) is 18.2 Å². The Labute approximate surface area is 155 Å². The van der Waals surface area contributed by atoms with Crippen molar-refractivity contribution in [3.63, 3.8) is 0 Å². The summed E-state index contributed by atoms with van der Waals surface area (Å²) >= 11 is 0. The molecule has 1 unspecified atom stereocenters. The highest BCUT2D eigenvalue weighted by Crippen LogP contribution is 2.59. The number of piperidine rings is 1. The number of likely N-dealkylation sites (tertiary alicyclic amines) is 1. The van der Waals surface area contributed by atoms with Crippen molar-refractivity contribution in [2.24, 2.45) is 5.92 Å². The second kappa shape index (κ2) is 5.80. The van der Waals surface area contributed by atoms with Gasteiger partial charge < -0.3 is 9.84 Å². The van der Waals surface area contributed by atoms with Gasteiger partial charge in [0.15, 0.2) is 0 Å². The maximum Gasteiger partial charge on any atom is 0.134 e. The van der Waals surface area contributed by atoms with Gasteiger partial charge in [0.05, 0.1) is 5.60 Å². The van der Waals surface area contributed by atoms with Gasteiger partial charge in [-0.15, -0.1) is 0 Å². The van der Waals surface area contributed by atoms with Gasteiger partial charge in [0, 0.05) is 37.5 Å². The zero-order valence-corrected chi connectivity index (χ0v) is 15.7.